The van der Waals surface area contributed by atoms with Gasteiger partial charge in [0.05, 0.1) is 12.6 Å². The number of piperidine rings is 1. The maximum atomic E-state index is 12.8. The Labute approximate surface area is 141 Å². The van der Waals surface area contributed by atoms with Crippen LogP contribution in [0.1, 0.15) is 48.4 Å². The van der Waals surface area contributed by atoms with E-state index in [9.17, 15) is 9.90 Å². The lowest BCUT2D eigenvalue weighted by atomic mass is 9.76. The van der Waals surface area contributed by atoms with Crippen LogP contribution in [0.2, 0.25) is 0 Å². The molecule has 2 aliphatic rings. The molecule has 1 aliphatic heterocycles. The zero-order chi connectivity index (χ0) is 16.6. The first-order valence-electron chi connectivity index (χ1n) is 8.70. The van der Waals surface area contributed by atoms with Gasteiger partial charge in [0.1, 0.15) is 5.76 Å². The van der Waals surface area contributed by atoms with Gasteiger partial charge in [-0.1, -0.05) is 6.42 Å². The molecule has 1 amide bonds. The molecule has 4 rings (SSSR count). The van der Waals surface area contributed by atoms with E-state index in [1.54, 1.807) is 16.9 Å². The summed E-state index contributed by atoms with van der Waals surface area (Å²) in [6.07, 6.45) is 8.19. The van der Waals surface area contributed by atoms with Crippen LogP contribution in [0.15, 0.2) is 35.0 Å². The van der Waals surface area contributed by atoms with Crippen LogP contribution in [0, 0.1) is 5.41 Å². The zero-order valence-electron chi connectivity index (χ0n) is 13.7. The van der Waals surface area contributed by atoms with Crippen molar-refractivity contribution in [3.05, 3.63) is 42.1 Å². The topological polar surface area (TPSA) is 71.5 Å². The van der Waals surface area contributed by atoms with E-state index in [0.29, 0.717) is 18.8 Å². The van der Waals surface area contributed by atoms with Crippen molar-refractivity contribution in [3.63, 3.8) is 0 Å². The number of hydrogen-bond donors (Lipinski definition) is 1. The second-order valence-corrected chi connectivity index (χ2v) is 7.07. The monoisotopic (exact) mass is 329 g/mol. The quantitative estimate of drug-likeness (QED) is 0.938. The Balaban J connectivity index is 1.46. The number of amides is 1. The van der Waals surface area contributed by atoms with E-state index >= 15 is 0 Å². The first-order valence-corrected chi connectivity index (χ1v) is 8.70. The SMILES string of the molecule is O=C(c1ccc(Cn2cccn2)o1)N1CCC[C@]2(CCC[C@H]2O)C1. The Morgan fingerprint density at radius 2 is 2.25 bits per heavy atom. The van der Waals surface area contributed by atoms with E-state index in [2.05, 4.69) is 5.10 Å². The molecule has 0 bridgehead atoms. The molecule has 0 aromatic carbocycles. The molecular formula is C18H23N3O3. The van der Waals surface area contributed by atoms with Gasteiger partial charge in [-0.05, 0) is 43.9 Å². The molecule has 1 N–H and O–H groups in total. The number of nitrogens with zero attached hydrogens (tertiary/aromatic N) is 3. The number of hydrogen-bond acceptors (Lipinski definition) is 4. The molecule has 0 unspecified atom stereocenters. The summed E-state index contributed by atoms with van der Waals surface area (Å²) in [7, 11) is 0. The lowest BCUT2D eigenvalue weighted by Crippen LogP contribution is -2.49. The minimum atomic E-state index is -0.278. The molecule has 2 aromatic rings. The smallest absolute Gasteiger partial charge is 0.289 e. The van der Waals surface area contributed by atoms with Crippen LogP contribution < -0.4 is 0 Å². The van der Waals surface area contributed by atoms with Crippen molar-refractivity contribution in [1.29, 1.82) is 0 Å². The Morgan fingerprint density at radius 3 is 3.00 bits per heavy atom. The highest BCUT2D eigenvalue weighted by Crippen LogP contribution is 2.45. The van der Waals surface area contributed by atoms with Crippen molar-refractivity contribution in [3.8, 4) is 0 Å². The summed E-state index contributed by atoms with van der Waals surface area (Å²) >= 11 is 0. The molecule has 2 aromatic heterocycles. The van der Waals surface area contributed by atoms with E-state index in [1.165, 1.54) is 0 Å². The number of aliphatic hydroxyl groups excluding tert-OH is 1. The first-order chi connectivity index (χ1) is 11.7. The van der Waals surface area contributed by atoms with Gasteiger partial charge in [-0.3, -0.25) is 9.48 Å². The molecule has 1 aliphatic carbocycles. The van der Waals surface area contributed by atoms with Crippen LogP contribution in [0.25, 0.3) is 0 Å². The molecule has 1 saturated carbocycles. The number of likely N-dealkylation sites (tertiary alicyclic amines) is 1. The van der Waals surface area contributed by atoms with Crippen molar-refractivity contribution < 1.29 is 14.3 Å². The molecular weight excluding hydrogens is 306 g/mol. The van der Waals surface area contributed by atoms with Crippen molar-refractivity contribution in [2.24, 2.45) is 5.41 Å². The van der Waals surface area contributed by atoms with Gasteiger partial charge < -0.3 is 14.4 Å². The van der Waals surface area contributed by atoms with Crippen LogP contribution in [-0.2, 0) is 6.54 Å². The largest absolute Gasteiger partial charge is 0.454 e. The summed E-state index contributed by atoms with van der Waals surface area (Å²) in [5, 5.41) is 14.5. The first kappa shape index (κ1) is 15.4. The van der Waals surface area contributed by atoms with Crippen molar-refractivity contribution >= 4 is 5.91 Å². The summed E-state index contributed by atoms with van der Waals surface area (Å²) in [5.74, 6) is 1.02. The van der Waals surface area contributed by atoms with Crippen LogP contribution in [0.5, 0.6) is 0 Å². The van der Waals surface area contributed by atoms with Gasteiger partial charge in [-0.15, -0.1) is 0 Å². The van der Waals surface area contributed by atoms with Gasteiger partial charge in [0.15, 0.2) is 5.76 Å². The Bertz CT molecular complexity index is 709. The van der Waals surface area contributed by atoms with E-state index in [0.717, 1.165) is 44.4 Å². The number of aromatic nitrogens is 2. The summed E-state index contributed by atoms with van der Waals surface area (Å²) in [6, 6.07) is 5.43. The fraction of sp³-hybridized carbons (Fsp3) is 0.556. The fourth-order valence-corrected chi connectivity index (χ4v) is 4.22. The van der Waals surface area contributed by atoms with Crippen molar-refractivity contribution in [1.82, 2.24) is 14.7 Å². The molecule has 24 heavy (non-hydrogen) atoms. The Morgan fingerprint density at radius 1 is 1.38 bits per heavy atom. The third kappa shape index (κ3) is 2.75. The average Bonchev–Trinajstić information content (AvgIpc) is 3.32. The number of carbonyl (C=O) groups excluding carboxylic acids is 1. The van der Waals surface area contributed by atoms with Gasteiger partial charge in [0.25, 0.3) is 5.91 Å². The highest BCUT2D eigenvalue weighted by atomic mass is 16.4. The van der Waals surface area contributed by atoms with E-state index < -0.39 is 0 Å². The molecule has 1 spiro atoms. The number of aliphatic hydroxyl groups is 1. The molecule has 6 heteroatoms. The summed E-state index contributed by atoms with van der Waals surface area (Å²) < 4.78 is 7.50. The van der Waals surface area contributed by atoms with Crippen LogP contribution >= 0.6 is 0 Å². The highest BCUT2D eigenvalue weighted by Gasteiger charge is 2.45. The van der Waals surface area contributed by atoms with Crippen molar-refractivity contribution in [2.75, 3.05) is 13.1 Å². The molecule has 1 saturated heterocycles. The molecule has 2 fully saturated rings. The van der Waals surface area contributed by atoms with Crippen LogP contribution in [0.4, 0.5) is 0 Å². The summed E-state index contributed by atoms with van der Waals surface area (Å²) in [6.45, 7) is 1.90. The van der Waals surface area contributed by atoms with E-state index in [1.807, 2.05) is 23.2 Å². The standard InChI is InChI=1S/C18H23N3O3/c22-16-4-1-7-18(16)8-2-10-20(13-18)17(23)15-6-5-14(24-15)12-21-11-3-9-19-21/h3,5-6,9,11,16,22H,1-2,4,7-8,10,12-13H2/t16-,18-/m1/s1. The maximum absolute atomic E-state index is 12.8. The summed E-state index contributed by atoms with van der Waals surface area (Å²) in [4.78, 5) is 14.6. The van der Waals surface area contributed by atoms with E-state index in [-0.39, 0.29) is 17.4 Å². The fourth-order valence-electron chi connectivity index (χ4n) is 4.22. The van der Waals surface area contributed by atoms with Crippen LogP contribution in [-0.4, -0.2) is 44.9 Å². The zero-order valence-corrected chi connectivity index (χ0v) is 13.7. The summed E-state index contributed by atoms with van der Waals surface area (Å²) in [5.41, 5.74) is -0.0988. The lowest BCUT2D eigenvalue weighted by molar-refractivity contribution is -0.00639. The van der Waals surface area contributed by atoms with Crippen molar-refractivity contribution in [2.45, 2.75) is 44.8 Å². The van der Waals surface area contributed by atoms with Gasteiger partial charge in [-0.2, -0.15) is 5.10 Å². The third-order valence-electron chi connectivity index (χ3n) is 5.50. The molecule has 2 atom stereocenters. The maximum Gasteiger partial charge on any atom is 0.289 e. The minimum Gasteiger partial charge on any atom is -0.454 e. The number of carbonyl (C=O) groups is 1. The third-order valence-corrected chi connectivity index (χ3v) is 5.50. The number of rotatable bonds is 3. The second-order valence-electron chi connectivity index (χ2n) is 7.07. The molecule has 0 radical (unpaired) electrons. The second kappa shape index (κ2) is 6.09. The lowest BCUT2D eigenvalue weighted by Gasteiger charge is -2.42. The number of furan rings is 1. The average molecular weight is 329 g/mol. The van der Waals surface area contributed by atoms with Gasteiger partial charge >= 0.3 is 0 Å². The van der Waals surface area contributed by atoms with Gasteiger partial charge in [0.2, 0.25) is 0 Å². The van der Waals surface area contributed by atoms with E-state index in [4.69, 9.17) is 4.42 Å². The normalized spacial score (nSPS) is 27.0. The molecule has 128 valence electrons. The molecule has 6 nitrogen and oxygen atoms in total. The van der Waals surface area contributed by atoms with Gasteiger partial charge in [-0.25, -0.2) is 0 Å². The highest BCUT2D eigenvalue weighted by molar-refractivity contribution is 5.91. The predicted molar refractivity (Wildman–Crippen MR) is 87.5 cm³/mol. The minimum absolute atomic E-state index is 0.0695. The van der Waals surface area contributed by atoms with Gasteiger partial charge in [0, 0.05) is 30.9 Å². The predicted octanol–water partition coefficient (Wildman–Crippen LogP) is 2.29. The molecule has 3 heterocycles. The van der Waals surface area contributed by atoms with Crippen LogP contribution in [0.3, 0.4) is 0 Å². The Kier molecular flexibility index (Phi) is 3.92. The Hall–Kier alpha value is -2.08.